The van der Waals surface area contributed by atoms with Crippen LogP contribution in [0.1, 0.15) is 29.6 Å². The van der Waals surface area contributed by atoms with Crippen LogP contribution in [0.5, 0.6) is 0 Å². The van der Waals surface area contributed by atoms with Crippen LogP contribution in [0.25, 0.3) is 11.4 Å². The van der Waals surface area contributed by atoms with E-state index in [0.717, 1.165) is 38.0 Å². The van der Waals surface area contributed by atoms with Crippen molar-refractivity contribution in [3.05, 3.63) is 42.5 Å². The molecule has 7 nitrogen and oxygen atoms in total. The fraction of sp³-hybridized carbons (Fsp3) is 0.500. The third kappa shape index (κ3) is 4.31. The first-order valence-corrected chi connectivity index (χ1v) is 9.50. The predicted molar refractivity (Wildman–Crippen MR) is 99.0 cm³/mol. The lowest BCUT2D eigenvalue weighted by molar-refractivity contribution is -0.0259. The van der Waals surface area contributed by atoms with Crippen LogP contribution in [-0.4, -0.2) is 53.3 Å². The minimum Gasteiger partial charge on any atom is -0.381 e. The molecule has 4 heterocycles. The number of hydrogen-bond donors (Lipinski definition) is 1. The van der Waals surface area contributed by atoms with Gasteiger partial charge in [0.25, 0.3) is 5.91 Å². The maximum Gasteiger partial charge on any atom is 0.254 e. The van der Waals surface area contributed by atoms with Gasteiger partial charge in [0.05, 0.1) is 12.2 Å². The summed E-state index contributed by atoms with van der Waals surface area (Å²) in [5.74, 6) is 1.30. The molecule has 2 atom stereocenters. The standard InChI is InChI=1S/C20H24N4O3/c25-20(16-11-22-19(23-12-16)15-2-1-6-21-10-15)24-18-5-9-27-13-17(18)14-3-7-26-8-4-14/h1-2,6,10-12,14,17-18H,3-5,7-9,13H2,(H,24,25)/t17-,18-/m0/s1. The number of nitrogens with one attached hydrogen (secondary N) is 1. The lowest BCUT2D eigenvalue weighted by Crippen LogP contribution is -2.49. The van der Waals surface area contributed by atoms with Crippen molar-refractivity contribution in [1.29, 1.82) is 0 Å². The Hall–Kier alpha value is -2.38. The van der Waals surface area contributed by atoms with Crippen LogP contribution in [0.3, 0.4) is 0 Å². The monoisotopic (exact) mass is 368 g/mol. The van der Waals surface area contributed by atoms with Gasteiger partial charge in [0.15, 0.2) is 5.82 Å². The maximum absolute atomic E-state index is 12.7. The van der Waals surface area contributed by atoms with Crippen LogP contribution in [-0.2, 0) is 9.47 Å². The fourth-order valence-electron chi connectivity index (χ4n) is 3.89. The second kappa shape index (κ2) is 8.54. The van der Waals surface area contributed by atoms with Gasteiger partial charge in [-0.2, -0.15) is 0 Å². The van der Waals surface area contributed by atoms with E-state index in [1.165, 1.54) is 0 Å². The highest BCUT2D eigenvalue weighted by molar-refractivity contribution is 5.93. The number of nitrogens with zero attached hydrogens (tertiary/aromatic N) is 3. The van der Waals surface area contributed by atoms with E-state index in [2.05, 4.69) is 20.3 Å². The Kier molecular flexibility index (Phi) is 5.69. The summed E-state index contributed by atoms with van der Waals surface area (Å²) in [4.78, 5) is 25.4. The van der Waals surface area contributed by atoms with Crippen LogP contribution < -0.4 is 5.32 Å². The molecule has 2 saturated heterocycles. The first-order chi connectivity index (χ1) is 13.3. The quantitative estimate of drug-likeness (QED) is 0.889. The third-order valence-electron chi connectivity index (χ3n) is 5.42. The van der Waals surface area contributed by atoms with Crippen molar-refractivity contribution < 1.29 is 14.3 Å². The molecular weight excluding hydrogens is 344 g/mol. The van der Waals surface area contributed by atoms with E-state index in [0.29, 0.717) is 36.4 Å². The first-order valence-electron chi connectivity index (χ1n) is 9.50. The summed E-state index contributed by atoms with van der Waals surface area (Å²) in [5, 5.41) is 3.19. The van der Waals surface area contributed by atoms with Crippen molar-refractivity contribution >= 4 is 5.91 Å². The molecule has 0 aliphatic carbocycles. The zero-order valence-corrected chi connectivity index (χ0v) is 15.2. The first kappa shape index (κ1) is 18.0. The summed E-state index contributed by atoms with van der Waals surface area (Å²) < 4.78 is 11.2. The van der Waals surface area contributed by atoms with E-state index in [9.17, 15) is 4.79 Å². The third-order valence-corrected chi connectivity index (χ3v) is 5.42. The average Bonchev–Trinajstić information content (AvgIpc) is 2.75. The minimum atomic E-state index is -0.128. The molecule has 2 fully saturated rings. The molecule has 2 aliphatic rings. The Bertz CT molecular complexity index is 748. The van der Waals surface area contributed by atoms with E-state index in [-0.39, 0.29) is 11.9 Å². The number of amides is 1. The van der Waals surface area contributed by atoms with Crippen LogP contribution >= 0.6 is 0 Å². The Morgan fingerprint density at radius 1 is 1.04 bits per heavy atom. The molecule has 0 aromatic carbocycles. The number of hydrogen-bond acceptors (Lipinski definition) is 6. The van der Waals surface area contributed by atoms with Gasteiger partial charge < -0.3 is 14.8 Å². The second-order valence-electron chi connectivity index (χ2n) is 7.09. The largest absolute Gasteiger partial charge is 0.381 e. The van der Waals surface area contributed by atoms with Gasteiger partial charge in [-0.15, -0.1) is 0 Å². The van der Waals surface area contributed by atoms with Crippen molar-refractivity contribution in [3.8, 4) is 11.4 Å². The highest BCUT2D eigenvalue weighted by atomic mass is 16.5. The number of ether oxygens (including phenoxy) is 2. The molecule has 2 aromatic rings. The molecule has 7 heteroatoms. The van der Waals surface area contributed by atoms with E-state index in [1.807, 2.05) is 12.1 Å². The van der Waals surface area contributed by atoms with Gasteiger partial charge in [-0.25, -0.2) is 9.97 Å². The van der Waals surface area contributed by atoms with E-state index in [1.54, 1.807) is 24.8 Å². The van der Waals surface area contributed by atoms with Gasteiger partial charge in [0.2, 0.25) is 0 Å². The number of carbonyl (C=O) groups is 1. The Labute approximate surface area is 158 Å². The molecule has 0 saturated carbocycles. The van der Waals surface area contributed by atoms with Crippen LogP contribution in [0.15, 0.2) is 36.9 Å². The average molecular weight is 368 g/mol. The molecule has 1 N–H and O–H groups in total. The van der Waals surface area contributed by atoms with Gasteiger partial charge in [-0.05, 0) is 37.3 Å². The molecule has 1 amide bonds. The van der Waals surface area contributed by atoms with Gasteiger partial charge in [-0.3, -0.25) is 9.78 Å². The predicted octanol–water partition coefficient (Wildman–Crippen LogP) is 2.10. The zero-order chi connectivity index (χ0) is 18.5. The van der Waals surface area contributed by atoms with Crippen LogP contribution in [0, 0.1) is 11.8 Å². The summed E-state index contributed by atoms with van der Waals surface area (Å²) in [5.41, 5.74) is 1.30. The smallest absolute Gasteiger partial charge is 0.254 e. The van der Waals surface area contributed by atoms with Gasteiger partial charge in [-0.1, -0.05) is 0 Å². The highest BCUT2D eigenvalue weighted by Crippen LogP contribution is 2.30. The molecule has 2 aliphatic heterocycles. The number of carbonyl (C=O) groups excluding carboxylic acids is 1. The highest BCUT2D eigenvalue weighted by Gasteiger charge is 2.34. The van der Waals surface area contributed by atoms with E-state index < -0.39 is 0 Å². The van der Waals surface area contributed by atoms with Gasteiger partial charge in [0.1, 0.15) is 0 Å². The number of rotatable bonds is 4. The molecular formula is C20H24N4O3. The summed E-state index contributed by atoms with van der Waals surface area (Å²) >= 11 is 0. The topological polar surface area (TPSA) is 86.2 Å². The van der Waals surface area contributed by atoms with E-state index in [4.69, 9.17) is 9.47 Å². The molecule has 27 heavy (non-hydrogen) atoms. The number of aromatic nitrogens is 3. The zero-order valence-electron chi connectivity index (χ0n) is 15.2. The molecule has 0 unspecified atom stereocenters. The Morgan fingerprint density at radius 2 is 1.81 bits per heavy atom. The lowest BCUT2D eigenvalue weighted by Gasteiger charge is -2.39. The van der Waals surface area contributed by atoms with Crippen LogP contribution in [0.2, 0.25) is 0 Å². The van der Waals surface area contributed by atoms with Gasteiger partial charge >= 0.3 is 0 Å². The lowest BCUT2D eigenvalue weighted by atomic mass is 9.79. The summed E-state index contributed by atoms with van der Waals surface area (Å²) in [7, 11) is 0. The molecule has 2 aromatic heterocycles. The van der Waals surface area contributed by atoms with Crippen molar-refractivity contribution in [2.75, 3.05) is 26.4 Å². The second-order valence-corrected chi connectivity index (χ2v) is 7.09. The van der Waals surface area contributed by atoms with Crippen molar-refractivity contribution in [2.45, 2.75) is 25.3 Å². The molecule has 0 radical (unpaired) electrons. The number of pyridine rings is 1. The van der Waals surface area contributed by atoms with Crippen molar-refractivity contribution in [2.24, 2.45) is 11.8 Å². The van der Waals surface area contributed by atoms with Gasteiger partial charge in [0, 0.05) is 62.1 Å². The van der Waals surface area contributed by atoms with Crippen molar-refractivity contribution in [3.63, 3.8) is 0 Å². The molecule has 0 spiro atoms. The SMILES string of the molecule is O=C(N[C@H]1CCOC[C@H]1C1CCOCC1)c1cnc(-c2cccnc2)nc1. The molecule has 142 valence electrons. The minimum absolute atomic E-state index is 0.118. The Morgan fingerprint density at radius 3 is 2.56 bits per heavy atom. The Balaban J connectivity index is 1.42. The molecule has 0 bridgehead atoms. The summed E-state index contributed by atoms with van der Waals surface area (Å²) in [6, 6.07) is 3.84. The summed E-state index contributed by atoms with van der Waals surface area (Å²) in [6.45, 7) is 2.98. The van der Waals surface area contributed by atoms with E-state index >= 15 is 0 Å². The fourth-order valence-corrected chi connectivity index (χ4v) is 3.89. The normalized spacial score (nSPS) is 23.7. The molecule has 4 rings (SSSR count). The van der Waals surface area contributed by atoms with Crippen molar-refractivity contribution in [1.82, 2.24) is 20.3 Å². The maximum atomic E-state index is 12.7. The summed E-state index contributed by atoms with van der Waals surface area (Å²) in [6.07, 6.45) is 9.46. The van der Waals surface area contributed by atoms with Crippen LogP contribution in [0.4, 0.5) is 0 Å².